The maximum absolute atomic E-state index is 14.1. The van der Waals surface area contributed by atoms with Crippen LogP contribution in [0.25, 0.3) is 11.4 Å². The second-order valence-corrected chi connectivity index (χ2v) is 16.6. The van der Waals surface area contributed by atoms with Crippen LogP contribution in [-0.2, 0) is 19.1 Å². The highest BCUT2D eigenvalue weighted by atomic mass is 35.5. The van der Waals surface area contributed by atoms with Crippen LogP contribution in [-0.4, -0.2) is 106 Å². The van der Waals surface area contributed by atoms with Crippen molar-refractivity contribution in [3.8, 4) is 17.1 Å². The zero-order valence-corrected chi connectivity index (χ0v) is 35.0. The van der Waals surface area contributed by atoms with Gasteiger partial charge in [-0.2, -0.15) is 5.10 Å². The number of hydrogen-bond acceptors (Lipinski definition) is 10. The third-order valence-corrected chi connectivity index (χ3v) is 11.2. The van der Waals surface area contributed by atoms with Crippen LogP contribution in [0.5, 0.6) is 5.75 Å². The molecule has 59 heavy (non-hydrogen) atoms. The third-order valence-electron chi connectivity index (χ3n) is 10.8. The van der Waals surface area contributed by atoms with Gasteiger partial charge in [-0.3, -0.25) is 24.3 Å². The highest BCUT2D eigenvalue weighted by Gasteiger charge is 2.44. The molecule has 2 saturated heterocycles. The van der Waals surface area contributed by atoms with Crippen LogP contribution in [0.1, 0.15) is 74.6 Å². The Morgan fingerprint density at radius 3 is 2.46 bits per heavy atom. The summed E-state index contributed by atoms with van der Waals surface area (Å²) in [4.78, 5) is 62.0. The fourth-order valence-electron chi connectivity index (χ4n) is 7.40. The van der Waals surface area contributed by atoms with Crippen LogP contribution in [0.4, 0.5) is 11.4 Å². The number of aliphatic hydroxyl groups is 1. The molecule has 2 aromatic carbocycles. The first-order valence-corrected chi connectivity index (χ1v) is 20.2. The number of likely N-dealkylation sites (tertiary alicyclic amines) is 1. The minimum Gasteiger partial charge on any atom is -0.494 e. The molecular formula is C43H53ClN8O7. The average Bonchev–Trinajstić information content (AvgIpc) is 3.90. The van der Waals surface area contributed by atoms with Gasteiger partial charge in [-0.15, -0.1) is 0 Å². The number of piperidine rings is 1. The molecule has 5 N–H and O–H groups in total. The number of nitrogens with zero attached hydrogens (tertiary/aromatic N) is 4. The molecule has 0 spiro atoms. The number of aliphatic hydroxyl groups excluding tert-OH is 1. The molecule has 6 rings (SSSR count). The van der Waals surface area contributed by atoms with Gasteiger partial charge in [0.15, 0.2) is 0 Å². The van der Waals surface area contributed by atoms with Crippen molar-refractivity contribution in [3.63, 3.8) is 0 Å². The van der Waals surface area contributed by atoms with E-state index in [4.69, 9.17) is 21.1 Å². The molecule has 4 aromatic rings. The topological polar surface area (TPSA) is 191 Å². The van der Waals surface area contributed by atoms with Crippen molar-refractivity contribution in [2.45, 2.75) is 84.2 Å². The minimum absolute atomic E-state index is 0.0226. The molecule has 2 aliphatic heterocycles. The van der Waals surface area contributed by atoms with Crippen molar-refractivity contribution < 1.29 is 33.8 Å². The standard InChI is InChI=1S/C43H53ClN8O7/c1-25-20-27(10-12-31(25)44)26(2)46-41(56)36-22-29(53)23-52(36)42(57)39(43(3,4)5)49-38(54)24-59-30-15-18-51(19-16-30)28-11-13-34(37(21-28)58-6)48-40(55)35-9-7-8-32(47-35)33-14-17-45-50-33/h7-14,17,20-21,26,29-30,36,39,53H,15-16,18-19,22-24H2,1-6H3,(H,45,50)(H,46,56)(H,48,55)(H,49,54)/t26-,29+,36-,39+/m0/s1. The summed E-state index contributed by atoms with van der Waals surface area (Å²) in [5.74, 6) is -1.16. The van der Waals surface area contributed by atoms with Crippen molar-refractivity contribution >= 4 is 46.6 Å². The fraction of sp³-hybridized carbons (Fsp3) is 0.442. The second kappa shape index (κ2) is 18.6. The van der Waals surface area contributed by atoms with Gasteiger partial charge in [0.1, 0.15) is 35.8 Å². The molecule has 4 atom stereocenters. The molecule has 2 fully saturated rings. The monoisotopic (exact) mass is 828 g/mol. The molecule has 0 unspecified atom stereocenters. The van der Waals surface area contributed by atoms with Crippen LogP contribution in [0, 0.1) is 12.3 Å². The Morgan fingerprint density at radius 1 is 1.02 bits per heavy atom. The van der Waals surface area contributed by atoms with Gasteiger partial charge in [0.05, 0.1) is 36.7 Å². The summed E-state index contributed by atoms with van der Waals surface area (Å²) in [6, 6.07) is 15.8. The molecule has 4 amide bonds. The van der Waals surface area contributed by atoms with Gasteiger partial charge in [0, 0.05) is 49.0 Å². The predicted octanol–water partition coefficient (Wildman–Crippen LogP) is 5.05. The molecule has 0 bridgehead atoms. The normalized spacial score (nSPS) is 18.2. The SMILES string of the molecule is COc1cc(N2CCC(OCC(=O)N[C@H](C(=O)N3C[C@H](O)C[C@H]3C(=O)N[C@@H](C)c3ccc(Cl)c(C)c3)C(C)(C)C)CC2)ccc1NC(=O)c1cccc(-c2cc[nH]n2)n1. The lowest BCUT2D eigenvalue weighted by molar-refractivity contribution is -0.145. The number of halogens is 1. The van der Waals surface area contributed by atoms with E-state index in [1.807, 2.05) is 58.9 Å². The number of aromatic nitrogens is 3. The van der Waals surface area contributed by atoms with Gasteiger partial charge in [-0.05, 0) is 79.6 Å². The van der Waals surface area contributed by atoms with Crippen LogP contribution in [0.15, 0.2) is 66.9 Å². The van der Waals surface area contributed by atoms with E-state index in [1.165, 1.54) is 4.90 Å². The maximum atomic E-state index is 14.1. The van der Waals surface area contributed by atoms with E-state index in [9.17, 15) is 24.3 Å². The number of pyridine rings is 1. The summed E-state index contributed by atoms with van der Waals surface area (Å²) in [6.45, 7) is 10.3. The minimum atomic E-state index is -0.969. The van der Waals surface area contributed by atoms with Crippen LogP contribution >= 0.6 is 11.6 Å². The number of aryl methyl sites for hydroxylation is 1. The molecule has 16 heteroatoms. The zero-order chi connectivity index (χ0) is 42.4. The molecule has 0 saturated carbocycles. The van der Waals surface area contributed by atoms with E-state index in [0.717, 1.165) is 16.8 Å². The summed E-state index contributed by atoms with van der Waals surface area (Å²) in [5.41, 5.74) is 3.90. The number of H-pyrrole nitrogens is 1. The zero-order valence-electron chi connectivity index (χ0n) is 34.3. The third kappa shape index (κ3) is 10.6. The maximum Gasteiger partial charge on any atom is 0.274 e. The van der Waals surface area contributed by atoms with Crippen molar-refractivity contribution in [2.75, 3.05) is 43.6 Å². The lowest BCUT2D eigenvalue weighted by atomic mass is 9.85. The number of anilines is 2. The predicted molar refractivity (Wildman–Crippen MR) is 224 cm³/mol. The Hall–Kier alpha value is -5.51. The first kappa shape index (κ1) is 43.1. The van der Waals surface area contributed by atoms with E-state index >= 15 is 0 Å². The lowest BCUT2D eigenvalue weighted by Gasteiger charge is -2.36. The largest absolute Gasteiger partial charge is 0.494 e. The number of ether oxygens (including phenoxy) is 2. The van der Waals surface area contributed by atoms with E-state index in [0.29, 0.717) is 53.8 Å². The molecule has 15 nitrogen and oxygen atoms in total. The number of aromatic amines is 1. The summed E-state index contributed by atoms with van der Waals surface area (Å²) in [5, 5.41) is 26.8. The Kier molecular flexibility index (Phi) is 13.6. The van der Waals surface area contributed by atoms with Crippen LogP contribution in [0.3, 0.4) is 0 Å². The fourth-order valence-corrected chi connectivity index (χ4v) is 7.52. The number of hydrogen-bond donors (Lipinski definition) is 5. The summed E-state index contributed by atoms with van der Waals surface area (Å²) in [7, 11) is 1.54. The summed E-state index contributed by atoms with van der Waals surface area (Å²) >= 11 is 6.19. The number of β-amino-alcohol motifs (C(OH)–C–C–N with tert-alkyl or cyclic N) is 1. The number of benzene rings is 2. The van der Waals surface area contributed by atoms with Gasteiger partial charge >= 0.3 is 0 Å². The Bertz CT molecular complexity index is 2130. The highest BCUT2D eigenvalue weighted by molar-refractivity contribution is 6.31. The average molecular weight is 829 g/mol. The van der Waals surface area contributed by atoms with Crippen molar-refractivity contribution in [1.82, 2.24) is 30.7 Å². The highest BCUT2D eigenvalue weighted by Crippen LogP contribution is 2.32. The molecule has 2 aromatic heterocycles. The summed E-state index contributed by atoms with van der Waals surface area (Å²) < 4.78 is 11.7. The number of rotatable bonds is 13. The van der Waals surface area contributed by atoms with Gasteiger partial charge < -0.3 is 40.3 Å². The van der Waals surface area contributed by atoms with Gasteiger partial charge in [0.25, 0.3) is 5.91 Å². The van der Waals surface area contributed by atoms with E-state index < -0.39 is 35.4 Å². The number of carbonyl (C=O) groups is 4. The molecule has 4 heterocycles. The van der Waals surface area contributed by atoms with Crippen molar-refractivity contribution in [1.29, 1.82) is 0 Å². The molecular weight excluding hydrogens is 776 g/mol. The summed E-state index contributed by atoms with van der Waals surface area (Å²) in [6.07, 6.45) is 2.03. The molecule has 0 aliphatic carbocycles. The van der Waals surface area contributed by atoms with Gasteiger partial charge in [0.2, 0.25) is 17.7 Å². The Balaban J connectivity index is 1.00. The number of nitrogens with one attached hydrogen (secondary N) is 4. The van der Waals surface area contributed by atoms with Crippen LogP contribution in [0.2, 0.25) is 5.02 Å². The quantitative estimate of drug-likeness (QED) is 0.122. The van der Waals surface area contributed by atoms with E-state index in [2.05, 4.69) is 36.0 Å². The van der Waals surface area contributed by atoms with Gasteiger partial charge in [-0.1, -0.05) is 50.6 Å². The first-order valence-electron chi connectivity index (χ1n) is 19.8. The lowest BCUT2D eigenvalue weighted by Crippen LogP contribution is -2.58. The van der Waals surface area contributed by atoms with Crippen molar-refractivity contribution in [3.05, 3.63) is 88.7 Å². The number of carbonyl (C=O) groups excluding carboxylic acids is 4. The number of methoxy groups -OCH3 is 1. The first-order chi connectivity index (χ1) is 28.1. The second-order valence-electron chi connectivity index (χ2n) is 16.2. The number of amides is 4. The smallest absolute Gasteiger partial charge is 0.274 e. The molecule has 314 valence electrons. The van der Waals surface area contributed by atoms with E-state index in [1.54, 1.807) is 49.7 Å². The van der Waals surface area contributed by atoms with Crippen molar-refractivity contribution in [2.24, 2.45) is 5.41 Å². The van der Waals surface area contributed by atoms with Crippen LogP contribution < -0.4 is 25.6 Å². The molecule has 0 radical (unpaired) electrons. The Morgan fingerprint density at radius 2 is 1.78 bits per heavy atom. The molecule has 2 aliphatic rings. The Labute approximate surface area is 349 Å². The van der Waals surface area contributed by atoms with E-state index in [-0.39, 0.29) is 49.2 Å². The van der Waals surface area contributed by atoms with Gasteiger partial charge in [-0.25, -0.2) is 4.98 Å².